The first-order valence-electron chi connectivity index (χ1n) is 6.88. The van der Waals surface area contributed by atoms with E-state index in [0.717, 1.165) is 24.4 Å². The fraction of sp³-hybridized carbons (Fsp3) is 0.600. The molecule has 0 aliphatic carbocycles. The Kier molecular flexibility index (Phi) is 6.50. The highest BCUT2D eigenvalue weighted by Gasteiger charge is 2.12. The molecule has 1 aromatic rings. The summed E-state index contributed by atoms with van der Waals surface area (Å²) in [4.78, 5) is 2.28. The molecule has 19 heavy (non-hydrogen) atoms. The van der Waals surface area contributed by atoms with Crippen molar-refractivity contribution in [2.45, 2.75) is 33.2 Å². The first-order valence-corrected chi connectivity index (χ1v) is 6.88. The average Bonchev–Trinajstić information content (AvgIpc) is 2.39. The third kappa shape index (κ3) is 4.63. The second-order valence-electron chi connectivity index (χ2n) is 4.85. The summed E-state index contributed by atoms with van der Waals surface area (Å²) >= 11 is 0. The number of nitrogen functional groups attached to an aromatic ring is 1. The summed E-state index contributed by atoms with van der Waals surface area (Å²) in [5.41, 5.74) is 7.74. The van der Waals surface area contributed by atoms with Crippen molar-refractivity contribution in [2.24, 2.45) is 0 Å². The van der Waals surface area contributed by atoms with Crippen LogP contribution in [0, 0.1) is 0 Å². The number of benzene rings is 1. The summed E-state index contributed by atoms with van der Waals surface area (Å²) in [6.45, 7) is 8.66. The molecule has 2 N–H and O–H groups in total. The molecule has 0 aromatic heterocycles. The maximum absolute atomic E-state index is 5.94. The van der Waals surface area contributed by atoms with E-state index in [2.05, 4.69) is 25.7 Å². The van der Waals surface area contributed by atoms with Crippen molar-refractivity contribution in [1.29, 1.82) is 0 Å². The number of rotatable bonds is 8. The molecule has 0 heterocycles. The van der Waals surface area contributed by atoms with Crippen LogP contribution in [0.3, 0.4) is 0 Å². The fourth-order valence-electron chi connectivity index (χ4n) is 1.91. The zero-order chi connectivity index (χ0) is 14.3. The Morgan fingerprint density at radius 1 is 1.26 bits per heavy atom. The third-order valence-electron chi connectivity index (χ3n) is 2.95. The average molecular weight is 266 g/mol. The maximum atomic E-state index is 5.94. The van der Waals surface area contributed by atoms with Crippen LogP contribution in [0.25, 0.3) is 0 Å². The van der Waals surface area contributed by atoms with E-state index in [4.69, 9.17) is 15.2 Å². The van der Waals surface area contributed by atoms with Crippen molar-refractivity contribution >= 4 is 11.4 Å². The minimum Gasteiger partial charge on any atom is -0.491 e. The standard InChI is InChI=1S/C15H26N2O2/c1-5-9-19-15-11-13(6-7-14(15)16)17(12(2)3)8-10-18-4/h6-7,11-12H,5,8-10,16H2,1-4H3. The quantitative estimate of drug-likeness (QED) is 0.735. The molecule has 0 amide bonds. The van der Waals surface area contributed by atoms with Crippen LogP contribution in [0.4, 0.5) is 11.4 Å². The van der Waals surface area contributed by atoms with Gasteiger partial charge < -0.3 is 20.1 Å². The lowest BCUT2D eigenvalue weighted by molar-refractivity contribution is 0.204. The number of ether oxygens (including phenoxy) is 2. The molecule has 0 spiro atoms. The molecule has 0 radical (unpaired) electrons. The van der Waals surface area contributed by atoms with Crippen LogP contribution in [-0.2, 0) is 4.74 Å². The fourth-order valence-corrected chi connectivity index (χ4v) is 1.91. The van der Waals surface area contributed by atoms with E-state index in [1.54, 1.807) is 7.11 Å². The van der Waals surface area contributed by atoms with Crippen LogP contribution in [-0.4, -0.2) is 32.9 Å². The van der Waals surface area contributed by atoms with Crippen LogP contribution in [0.15, 0.2) is 18.2 Å². The number of anilines is 2. The minimum absolute atomic E-state index is 0.401. The van der Waals surface area contributed by atoms with E-state index >= 15 is 0 Å². The van der Waals surface area contributed by atoms with Crippen LogP contribution in [0.5, 0.6) is 5.75 Å². The first kappa shape index (κ1) is 15.6. The van der Waals surface area contributed by atoms with Crippen LogP contribution in [0.1, 0.15) is 27.2 Å². The van der Waals surface area contributed by atoms with Gasteiger partial charge in [0.15, 0.2) is 0 Å². The highest BCUT2D eigenvalue weighted by molar-refractivity contribution is 5.62. The van der Waals surface area contributed by atoms with Gasteiger partial charge in [-0.05, 0) is 32.4 Å². The van der Waals surface area contributed by atoms with E-state index < -0.39 is 0 Å². The van der Waals surface area contributed by atoms with Gasteiger partial charge in [-0.25, -0.2) is 0 Å². The topological polar surface area (TPSA) is 47.7 Å². The Hall–Kier alpha value is -1.42. The highest BCUT2D eigenvalue weighted by Crippen LogP contribution is 2.28. The van der Waals surface area contributed by atoms with Crippen LogP contribution < -0.4 is 15.4 Å². The summed E-state index contributed by atoms with van der Waals surface area (Å²) in [5.74, 6) is 0.766. The number of methoxy groups -OCH3 is 1. The predicted octanol–water partition coefficient (Wildman–Crippen LogP) is 2.92. The van der Waals surface area contributed by atoms with Gasteiger partial charge >= 0.3 is 0 Å². The highest BCUT2D eigenvalue weighted by atomic mass is 16.5. The lowest BCUT2D eigenvalue weighted by Crippen LogP contribution is -2.33. The summed E-state index contributed by atoms with van der Waals surface area (Å²) in [7, 11) is 1.72. The summed E-state index contributed by atoms with van der Waals surface area (Å²) < 4.78 is 10.8. The van der Waals surface area contributed by atoms with Crippen molar-refractivity contribution in [3.63, 3.8) is 0 Å². The molecule has 108 valence electrons. The summed E-state index contributed by atoms with van der Waals surface area (Å²) in [6.07, 6.45) is 0.973. The molecular weight excluding hydrogens is 240 g/mol. The number of nitrogens with two attached hydrogens (primary N) is 1. The van der Waals surface area contributed by atoms with Gasteiger partial charge in [0, 0.05) is 31.5 Å². The molecular formula is C15H26N2O2. The monoisotopic (exact) mass is 266 g/mol. The van der Waals surface area contributed by atoms with Gasteiger partial charge in [-0.15, -0.1) is 0 Å². The Morgan fingerprint density at radius 3 is 2.58 bits per heavy atom. The van der Waals surface area contributed by atoms with Crippen LogP contribution >= 0.6 is 0 Å². The Morgan fingerprint density at radius 2 is 2.00 bits per heavy atom. The normalized spacial score (nSPS) is 10.8. The molecule has 0 aliphatic heterocycles. The number of hydrogen-bond donors (Lipinski definition) is 1. The second-order valence-corrected chi connectivity index (χ2v) is 4.85. The Labute approximate surface area is 116 Å². The van der Waals surface area contributed by atoms with E-state index in [0.29, 0.717) is 24.9 Å². The van der Waals surface area contributed by atoms with E-state index in [1.165, 1.54) is 0 Å². The van der Waals surface area contributed by atoms with E-state index in [9.17, 15) is 0 Å². The molecule has 0 atom stereocenters. The van der Waals surface area contributed by atoms with Crippen molar-refractivity contribution in [3.05, 3.63) is 18.2 Å². The zero-order valence-corrected chi connectivity index (χ0v) is 12.5. The lowest BCUT2D eigenvalue weighted by atomic mass is 10.2. The number of hydrogen-bond acceptors (Lipinski definition) is 4. The van der Waals surface area contributed by atoms with Gasteiger partial charge in [-0.1, -0.05) is 6.92 Å². The van der Waals surface area contributed by atoms with Crippen molar-refractivity contribution in [1.82, 2.24) is 0 Å². The molecule has 0 fully saturated rings. The minimum atomic E-state index is 0.401. The Bertz CT molecular complexity index is 380. The third-order valence-corrected chi connectivity index (χ3v) is 2.95. The second kappa shape index (κ2) is 7.89. The zero-order valence-electron chi connectivity index (χ0n) is 12.5. The van der Waals surface area contributed by atoms with Gasteiger partial charge in [0.25, 0.3) is 0 Å². The molecule has 0 unspecified atom stereocenters. The van der Waals surface area contributed by atoms with Crippen molar-refractivity contribution in [3.8, 4) is 5.75 Å². The lowest BCUT2D eigenvalue weighted by Gasteiger charge is -2.29. The van der Waals surface area contributed by atoms with Crippen molar-refractivity contribution < 1.29 is 9.47 Å². The van der Waals surface area contributed by atoms with Gasteiger partial charge in [0.1, 0.15) is 5.75 Å². The summed E-state index contributed by atoms with van der Waals surface area (Å²) in [6, 6.07) is 6.35. The Balaban J connectivity index is 2.90. The SMILES string of the molecule is CCCOc1cc(N(CCOC)C(C)C)ccc1N. The molecule has 1 aromatic carbocycles. The van der Waals surface area contributed by atoms with Crippen molar-refractivity contribution in [2.75, 3.05) is 37.5 Å². The molecule has 1 rings (SSSR count). The molecule has 0 bridgehead atoms. The van der Waals surface area contributed by atoms with Gasteiger partial charge in [0.2, 0.25) is 0 Å². The maximum Gasteiger partial charge on any atom is 0.144 e. The molecule has 4 nitrogen and oxygen atoms in total. The smallest absolute Gasteiger partial charge is 0.144 e. The van der Waals surface area contributed by atoms with E-state index in [1.807, 2.05) is 18.2 Å². The molecule has 0 saturated heterocycles. The van der Waals surface area contributed by atoms with E-state index in [-0.39, 0.29) is 0 Å². The molecule has 0 aliphatic rings. The predicted molar refractivity (Wildman–Crippen MR) is 81.0 cm³/mol. The van der Waals surface area contributed by atoms with Gasteiger partial charge in [-0.3, -0.25) is 0 Å². The van der Waals surface area contributed by atoms with Crippen LogP contribution in [0.2, 0.25) is 0 Å². The largest absolute Gasteiger partial charge is 0.491 e. The summed E-state index contributed by atoms with van der Waals surface area (Å²) in [5, 5.41) is 0. The molecule has 0 saturated carbocycles. The number of nitrogens with zero attached hydrogens (tertiary/aromatic N) is 1. The van der Waals surface area contributed by atoms with Gasteiger partial charge in [-0.2, -0.15) is 0 Å². The first-order chi connectivity index (χ1) is 9.10. The molecule has 4 heteroatoms. The van der Waals surface area contributed by atoms with Gasteiger partial charge in [0.05, 0.1) is 18.9 Å².